The minimum atomic E-state index is -1.07. The van der Waals surface area contributed by atoms with Crippen molar-refractivity contribution in [2.75, 3.05) is 13.2 Å². The van der Waals surface area contributed by atoms with Crippen LogP contribution in [-0.2, 0) is 14.3 Å². The van der Waals surface area contributed by atoms with Crippen LogP contribution in [0.4, 0.5) is 0 Å². The zero-order chi connectivity index (χ0) is 11.3. The quantitative estimate of drug-likeness (QED) is 0.584. The molecule has 1 rings (SSSR count). The lowest BCUT2D eigenvalue weighted by atomic mass is 10.0. The van der Waals surface area contributed by atoms with Crippen molar-refractivity contribution < 1.29 is 24.5 Å². The topological polar surface area (TPSA) is 95.9 Å². The molecule has 6 nitrogen and oxygen atoms in total. The number of carboxylic acid groups (broad SMARTS) is 2. The van der Waals surface area contributed by atoms with Crippen LogP contribution in [0.2, 0.25) is 0 Å². The summed E-state index contributed by atoms with van der Waals surface area (Å²) in [6.45, 7) is 0.181. The van der Waals surface area contributed by atoms with Crippen LogP contribution in [0.15, 0.2) is 0 Å². The third kappa shape index (κ3) is 3.85. The first-order valence-corrected chi connectivity index (χ1v) is 4.91. The molecule has 1 aliphatic rings. The van der Waals surface area contributed by atoms with E-state index in [1.165, 1.54) is 0 Å². The van der Waals surface area contributed by atoms with Gasteiger partial charge in [0.1, 0.15) is 6.04 Å². The van der Waals surface area contributed by atoms with Crippen molar-refractivity contribution in [1.82, 2.24) is 5.32 Å². The third-order valence-corrected chi connectivity index (χ3v) is 2.33. The molecular formula is C9H15NO5. The van der Waals surface area contributed by atoms with Crippen LogP contribution >= 0.6 is 0 Å². The summed E-state index contributed by atoms with van der Waals surface area (Å²) < 4.78 is 5.30. The Balaban J connectivity index is 2.48. The van der Waals surface area contributed by atoms with Crippen LogP contribution in [0.3, 0.4) is 0 Å². The number of nitrogens with one attached hydrogen (secondary N) is 1. The van der Waals surface area contributed by atoms with Crippen molar-refractivity contribution in [3.05, 3.63) is 0 Å². The summed E-state index contributed by atoms with van der Waals surface area (Å²) in [7, 11) is 0. The van der Waals surface area contributed by atoms with Gasteiger partial charge in [0, 0.05) is 6.61 Å². The smallest absolute Gasteiger partial charge is 0.323 e. The molecule has 0 spiro atoms. The van der Waals surface area contributed by atoms with Gasteiger partial charge in [-0.1, -0.05) is 0 Å². The molecule has 1 saturated heterocycles. The van der Waals surface area contributed by atoms with Crippen molar-refractivity contribution >= 4 is 11.9 Å². The summed E-state index contributed by atoms with van der Waals surface area (Å²) >= 11 is 0. The molecule has 1 heterocycles. The Morgan fingerprint density at radius 3 is 2.60 bits per heavy atom. The molecule has 2 unspecified atom stereocenters. The van der Waals surface area contributed by atoms with E-state index in [2.05, 4.69) is 5.32 Å². The Bertz CT molecular complexity index is 237. The minimum absolute atomic E-state index is 0.364. The van der Waals surface area contributed by atoms with Gasteiger partial charge in [0.05, 0.1) is 12.6 Å². The van der Waals surface area contributed by atoms with Gasteiger partial charge < -0.3 is 14.9 Å². The van der Waals surface area contributed by atoms with E-state index in [1.807, 2.05) is 0 Å². The van der Waals surface area contributed by atoms with E-state index < -0.39 is 24.1 Å². The summed E-state index contributed by atoms with van der Waals surface area (Å²) in [5.74, 6) is -2.14. The number of carbonyl (C=O) groups is 2. The second kappa shape index (κ2) is 5.67. The van der Waals surface area contributed by atoms with Gasteiger partial charge >= 0.3 is 11.9 Å². The van der Waals surface area contributed by atoms with Crippen LogP contribution in [0.25, 0.3) is 0 Å². The molecule has 86 valence electrons. The van der Waals surface area contributed by atoms with Crippen LogP contribution in [0.1, 0.15) is 19.3 Å². The molecule has 1 fully saturated rings. The van der Waals surface area contributed by atoms with E-state index in [0.29, 0.717) is 13.0 Å². The van der Waals surface area contributed by atoms with Gasteiger partial charge in [-0.15, -0.1) is 0 Å². The van der Waals surface area contributed by atoms with Crippen LogP contribution in [0.5, 0.6) is 0 Å². The van der Waals surface area contributed by atoms with Crippen LogP contribution in [0, 0.1) is 0 Å². The van der Waals surface area contributed by atoms with Gasteiger partial charge in [0.15, 0.2) is 0 Å². The number of ether oxygens (including phenoxy) is 1. The Morgan fingerprint density at radius 2 is 2.13 bits per heavy atom. The summed E-state index contributed by atoms with van der Waals surface area (Å²) in [5, 5.41) is 19.8. The highest BCUT2D eigenvalue weighted by molar-refractivity contribution is 5.76. The normalized spacial score (nSPS) is 23.3. The van der Waals surface area contributed by atoms with Gasteiger partial charge in [-0.2, -0.15) is 0 Å². The zero-order valence-corrected chi connectivity index (χ0v) is 8.31. The average molecular weight is 217 g/mol. The van der Waals surface area contributed by atoms with Crippen molar-refractivity contribution in [2.24, 2.45) is 0 Å². The van der Waals surface area contributed by atoms with E-state index >= 15 is 0 Å². The number of hydrogen-bond acceptors (Lipinski definition) is 4. The predicted molar refractivity (Wildman–Crippen MR) is 50.7 cm³/mol. The number of hydrogen-bond donors (Lipinski definition) is 3. The minimum Gasteiger partial charge on any atom is -0.480 e. The standard InChI is InChI=1S/C9H15NO5/c11-7(12)5-10-8(9(13)14)6-3-1-2-4-15-6/h6,8,10H,1-5H2,(H,11,12)(H,13,14). The third-order valence-electron chi connectivity index (χ3n) is 2.33. The highest BCUT2D eigenvalue weighted by Gasteiger charge is 2.30. The monoisotopic (exact) mass is 217 g/mol. The Hall–Kier alpha value is -1.14. The fourth-order valence-corrected chi connectivity index (χ4v) is 1.60. The maximum atomic E-state index is 10.9. The van der Waals surface area contributed by atoms with Gasteiger partial charge in [-0.3, -0.25) is 14.9 Å². The van der Waals surface area contributed by atoms with E-state index in [9.17, 15) is 9.59 Å². The number of carboxylic acids is 2. The molecule has 1 aliphatic heterocycles. The number of aliphatic carboxylic acids is 2. The molecule has 2 atom stereocenters. The Labute approximate surface area is 87.2 Å². The number of rotatable bonds is 5. The lowest BCUT2D eigenvalue weighted by Gasteiger charge is -2.28. The van der Waals surface area contributed by atoms with Crippen molar-refractivity contribution in [3.8, 4) is 0 Å². The van der Waals surface area contributed by atoms with Crippen molar-refractivity contribution in [3.63, 3.8) is 0 Å². The van der Waals surface area contributed by atoms with Gasteiger partial charge in [-0.05, 0) is 19.3 Å². The molecule has 0 saturated carbocycles. The van der Waals surface area contributed by atoms with Gasteiger partial charge in [0.25, 0.3) is 0 Å². The van der Waals surface area contributed by atoms with E-state index in [1.54, 1.807) is 0 Å². The first-order chi connectivity index (χ1) is 7.11. The van der Waals surface area contributed by atoms with E-state index in [-0.39, 0.29) is 6.54 Å². The second-order valence-corrected chi connectivity index (χ2v) is 3.50. The highest BCUT2D eigenvalue weighted by atomic mass is 16.5. The average Bonchev–Trinajstić information content (AvgIpc) is 2.18. The molecule has 3 N–H and O–H groups in total. The predicted octanol–water partition coefficient (Wildman–Crippen LogP) is -0.317. The van der Waals surface area contributed by atoms with Gasteiger partial charge in [-0.25, -0.2) is 0 Å². The molecular weight excluding hydrogens is 202 g/mol. The molecule has 0 bridgehead atoms. The maximum Gasteiger partial charge on any atom is 0.323 e. The summed E-state index contributed by atoms with van der Waals surface area (Å²) in [6, 6.07) is -0.929. The lowest BCUT2D eigenvalue weighted by molar-refractivity contribution is -0.146. The molecule has 0 aromatic heterocycles. The fraction of sp³-hybridized carbons (Fsp3) is 0.778. The Morgan fingerprint density at radius 1 is 1.40 bits per heavy atom. The van der Waals surface area contributed by atoms with E-state index in [0.717, 1.165) is 12.8 Å². The largest absolute Gasteiger partial charge is 0.480 e. The molecule has 0 amide bonds. The van der Waals surface area contributed by atoms with Gasteiger partial charge in [0.2, 0.25) is 0 Å². The SMILES string of the molecule is O=C(O)CNC(C(=O)O)C1CCCCO1. The van der Waals surface area contributed by atoms with Crippen LogP contribution in [-0.4, -0.2) is 47.4 Å². The van der Waals surface area contributed by atoms with E-state index in [4.69, 9.17) is 14.9 Å². The molecule has 6 heteroatoms. The summed E-state index contributed by atoms with van der Waals surface area (Å²) in [4.78, 5) is 21.2. The fourth-order valence-electron chi connectivity index (χ4n) is 1.60. The zero-order valence-electron chi connectivity index (χ0n) is 8.31. The first kappa shape index (κ1) is 11.9. The highest BCUT2D eigenvalue weighted by Crippen LogP contribution is 2.16. The first-order valence-electron chi connectivity index (χ1n) is 4.91. The maximum absolute atomic E-state index is 10.9. The molecule has 0 aromatic rings. The molecule has 0 radical (unpaired) electrons. The molecule has 0 aromatic carbocycles. The Kier molecular flexibility index (Phi) is 4.51. The molecule has 0 aliphatic carbocycles. The lowest BCUT2D eigenvalue weighted by Crippen LogP contribution is -2.49. The summed E-state index contributed by atoms with van der Waals surface area (Å²) in [6.07, 6.45) is 2.09. The second-order valence-electron chi connectivity index (χ2n) is 3.50. The van der Waals surface area contributed by atoms with Crippen molar-refractivity contribution in [2.45, 2.75) is 31.4 Å². The van der Waals surface area contributed by atoms with Crippen LogP contribution < -0.4 is 5.32 Å². The summed E-state index contributed by atoms with van der Waals surface area (Å²) in [5.41, 5.74) is 0. The molecule has 15 heavy (non-hydrogen) atoms. The van der Waals surface area contributed by atoms with Crippen molar-refractivity contribution in [1.29, 1.82) is 0 Å².